The lowest BCUT2D eigenvalue weighted by molar-refractivity contribution is 0.513. The summed E-state index contributed by atoms with van der Waals surface area (Å²) in [6.45, 7) is 0.645. The van der Waals surface area contributed by atoms with E-state index < -0.39 is 10.6 Å². The highest BCUT2D eigenvalue weighted by Gasteiger charge is 2.34. The fourth-order valence-electron chi connectivity index (χ4n) is 1.59. The number of aliphatic imine (C=N–C) groups is 2. The van der Waals surface area contributed by atoms with Gasteiger partial charge in [0.1, 0.15) is 11.1 Å². The molecule has 5 heteroatoms. The fraction of sp³-hybridized carbons (Fsp3) is 0.333. The van der Waals surface area contributed by atoms with Crippen molar-refractivity contribution in [2.45, 2.75) is 12.5 Å². The number of allylic oxidation sites excluding steroid dienone is 2. The number of rotatable bonds is 1. The van der Waals surface area contributed by atoms with Gasteiger partial charge < -0.3 is 0 Å². The number of fused-ring (bicyclic) bond motifs is 1. The Labute approximate surface area is 83.1 Å². The number of nitrogens with zero attached hydrogens (tertiary/aromatic N) is 2. The summed E-state index contributed by atoms with van der Waals surface area (Å²) < 4.78 is 19.7. The van der Waals surface area contributed by atoms with E-state index in [9.17, 15) is 9.11 Å². The lowest BCUT2D eigenvalue weighted by Crippen LogP contribution is -2.07. The maximum Gasteiger partial charge on any atom is 0.147 e. The average Bonchev–Trinajstić information content (AvgIpc) is 2.75. The van der Waals surface area contributed by atoms with E-state index in [1.165, 1.54) is 0 Å². The van der Waals surface area contributed by atoms with Crippen LogP contribution in [0.4, 0.5) is 0 Å². The standard InChI is InChI=1S/C9H10N2O2S/c12-14(13,7-1-2-7)9-3-6-4-10-5-8(6)11-9/h1,3,5,8,12-13H,2,4H2. The molecule has 0 amide bonds. The Morgan fingerprint density at radius 2 is 2.21 bits per heavy atom. The van der Waals surface area contributed by atoms with Crippen molar-refractivity contribution >= 4 is 21.8 Å². The summed E-state index contributed by atoms with van der Waals surface area (Å²) >= 11 is 0. The van der Waals surface area contributed by atoms with Gasteiger partial charge >= 0.3 is 0 Å². The predicted octanol–water partition coefficient (Wildman–Crippen LogP) is 1.82. The molecule has 4 nitrogen and oxygen atoms in total. The first-order valence-corrected chi connectivity index (χ1v) is 5.98. The van der Waals surface area contributed by atoms with Crippen LogP contribution in [0.15, 0.2) is 32.6 Å². The van der Waals surface area contributed by atoms with Crippen molar-refractivity contribution in [3.63, 3.8) is 0 Å². The largest absolute Gasteiger partial charge is 0.290 e. The molecule has 2 aliphatic heterocycles. The zero-order valence-corrected chi connectivity index (χ0v) is 8.24. The fourth-order valence-corrected chi connectivity index (χ4v) is 2.98. The third-order valence-electron chi connectivity index (χ3n) is 2.50. The van der Waals surface area contributed by atoms with Crippen LogP contribution in [0.3, 0.4) is 0 Å². The highest BCUT2D eigenvalue weighted by molar-refractivity contribution is 8.40. The van der Waals surface area contributed by atoms with Gasteiger partial charge in [0.2, 0.25) is 0 Å². The molecule has 1 aliphatic carbocycles. The summed E-state index contributed by atoms with van der Waals surface area (Å²) in [5.74, 6) is 0. The summed E-state index contributed by atoms with van der Waals surface area (Å²) in [7, 11) is -2.73. The van der Waals surface area contributed by atoms with Gasteiger partial charge in [-0.2, -0.15) is 0 Å². The van der Waals surface area contributed by atoms with Crippen LogP contribution in [0.5, 0.6) is 0 Å². The molecule has 2 N–H and O–H groups in total. The predicted molar refractivity (Wildman–Crippen MR) is 58.2 cm³/mol. The molecule has 14 heavy (non-hydrogen) atoms. The van der Waals surface area contributed by atoms with E-state index in [1.54, 1.807) is 12.3 Å². The van der Waals surface area contributed by atoms with Crippen molar-refractivity contribution in [1.82, 2.24) is 0 Å². The summed E-state index contributed by atoms with van der Waals surface area (Å²) in [5.41, 5.74) is 1.07. The summed E-state index contributed by atoms with van der Waals surface area (Å²) in [5, 5.41) is 0.437. The van der Waals surface area contributed by atoms with Crippen LogP contribution < -0.4 is 0 Å². The third kappa shape index (κ3) is 1.10. The van der Waals surface area contributed by atoms with Crippen LogP contribution in [0.25, 0.3) is 0 Å². The van der Waals surface area contributed by atoms with Gasteiger partial charge in [-0.1, -0.05) is 6.08 Å². The van der Waals surface area contributed by atoms with Crippen molar-refractivity contribution in [3.8, 4) is 0 Å². The van der Waals surface area contributed by atoms with Crippen LogP contribution in [0.2, 0.25) is 0 Å². The second kappa shape index (κ2) is 2.56. The molecule has 74 valence electrons. The van der Waals surface area contributed by atoms with Crippen molar-refractivity contribution in [1.29, 1.82) is 0 Å². The Morgan fingerprint density at radius 3 is 2.86 bits per heavy atom. The summed E-state index contributed by atoms with van der Waals surface area (Å²) in [6, 6.07) is -0.0319. The average molecular weight is 210 g/mol. The SMILES string of the molecule is OS(O)(C1=CC1)C1=NC2C=NCC2=C1. The summed E-state index contributed by atoms with van der Waals surface area (Å²) in [6.07, 6.45) is 6.09. The van der Waals surface area contributed by atoms with Gasteiger partial charge in [-0.05, 0) is 11.6 Å². The van der Waals surface area contributed by atoms with Gasteiger partial charge in [-0.3, -0.25) is 19.1 Å². The van der Waals surface area contributed by atoms with E-state index in [1.807, 2.05) is 6.08 Å². The molecule has 2 heterocycles. The molecule has 1 atom stereocenters. The van der Waals surface area contributed by atoms with Crippen molar-refractivity contribution < 1.29 is 9.11 Å². The van der Waals surface area contributed by atoms with Crippen molar-refractivity contribution in [2.24, 2.45) is 9.98 Å². The molecular weight excluding hydrogens is 200 g/mol. The van der Waals surface area contributed by atoms with Crippen LogP contribution in [-0.2, 0) is 0 Å². The lowest BCUT2D eigenvalue weighted by atomic mass is 10.2. The molecule has 3 aliphatic rings. The van der Waals surface area contributed by atoms with Gasteiger partial charge in [0, 0.05) is 17.5 Å². The van der Waals surface area contributed by atoms with Gasteiger partial charge in [-0.15, -0.1) is 10.6 Å². The molecule has 1 unspecified atom stereocenters. The van der Waals surface area contributed by atoms with E-state index in [0.29, 0.717) is 18.0 Å². The highest BCUT2D eigenvalue weighted by Crippen LogP contribution is 2.58. The van der Waals surface area contributed by atoms with Gasteiger partial charge in [0.05, 0.1) is 6.54 Å². The summed E-state index contributed by atoms with van der Waals surface area (Å²) in [4.78, 5) is 9.06. The van der Waals surface area contributed by atoms with Crippen LogP contribution in [0, 0.1) is 0 Å². The second-order valence-electron chi connectivity index (χ2n) is 3.54. The maximum absolute atomic E-state index is 9.86. The molecule has 0 radical (unpaired) electrons. The van der Waals surface area contributed by atoms with Gasteiger partial charge in [0.15, 0.2) is 0 Å². The molecule has 0 fully saturated rings. The molecule has 0 bridgehead atoms. The first-order chi connectivity index (χ1) is 6.68. The zero-order valence-electron chi connectivity index (χ0n) is 7.42. The second-order valence-corrected chi connectivity index (χ2v) is 5.58. The van der Waals surface area contributed by atoms with E-state index in [4.69, 9.17) is 0 Å². The molecule has 3 rings (SSSR count). The molecule has 0 spiro atoms. The Morgan fingerprint density at radius 1 is 1.43 bits per heavy atom. The van der Waals surface area contributed by atoms with Crippen LogP contribution in [-0.4, -0.2) is 33.0 Å². The Balaban J connectivity index is 1.94. The van der Waals surface area contributed by atoms with Crippen LogP contribution in [0.1, 0.15) is 6.42 Å². The zero-order chi connectivity index (χ0) is 9.76. The normalized spacial score (nSPS) is 29.6. The minimum atomic E-state index is -2.73. The molecule has 0 saturated carbocycles. The molecule has 0 aromatic carbocycles. The molecule has 0 aromatic rings. The molecular formula is C9H10N2O2S. The smallest absolute Gasteiger partial charge is 0.147 e. The Bertz CT molecular complexity index is 421. The number of hydrogen-bond donors (Lipinski definition) is 2. The molecule has 0 aromatic heterocycles. The monoisotopic (exact) mass is 210 g/mol. The minimum Gasteiger partial charge on any atom is -0.290 e. The van der Waals surface area contributed by atoms with Crippen LogP contribution >= 0.6 is 10.6 Å². The van der Waals surface area contributed by atoms with Crippen molar-refractivity contribution in [2.75, 3.05) is 6.54 Å². The Hall–Kier alpha value is -0.910. The van der Waals surface area contributed by atoms with Gasteiger partial charge in [0.25, 0.3) is 0 Å². The maximum atomic E-state index is 9.86. The first-order valence-electron chi connectivity index (χ1n) is 4.43. The number of hydrogen-bond acceptors (Lipinski definition) is 4. The lowest BCUT2D eigenvalue weighted by Gasteiger charge is -2.28. The topological polar surface area (TPSA) is 65.2 Å². The third-order valence-corrected chi connectivity index (χ3v) is 4.37. The van der Waals surface area contributed by atoms with E-state index in [2.05, 4.69) is 9.98 Å². The molecule has 0 saturated heterocycles. The highest BCUT2D eigenvalue weighted by atomic mass is 32.3. The first kappa shape index (κ1) is 8.40. The van der Waals surface area contributed by atoms with Gasteiger partial charge in [-0.25, -0.2) is 0 Å². The Kier molecular flexibility index (Phi) is 1.54. The van der Waals surface area contributed by atoms with E-state index >= 15 is 0 Å². The van der Waals surface area contributed by atoms with E-state index in [-0.39, 0.29) is 6.04 Å². The quantitative estimate of drug-likeness (QED) is 0.693. The van der Waals surface area contributed by atoms with E-state index in [0.717, 1.165) is 10.5 Å². The van der Waals surface area contributed by atoms with Crippen molar-refractivity contribution in [3.05, 3.63) is 22.6 Å². The minimum absolute atomic E-state index is 0.0319.